The minimum absolute atomic E-state index is 0.318. The van der Waals surface area contributed by atoms with Gasteiger partial charge in [-0.15, -0.1) is 0 Å². The molecule has 0 saturated carbocycles. The second-order valence-corrected chi connectivity index (χ2v) is 8.03. The Kier molecular flexibility index (Phi) is 6.84. The van der Waals surface area contributed by atoms with Crippen molar-refractivity contribution in [2.45, 2.75) is 17.9 Å². The van der Waals surface area contributed by atoms with Crippen LogP contribution in [0.5, 0.6) is 0 Å². The number of sulfone groups is 1. The van der Waals surface area contributed by atoms with Gasteiger partial charge in [-0.2, -0.15) is 0 Å². The topological polar surface area (TPSA) is 70.6 Å². The SMILES string of the molecule is CN=C(NCCc1ccccc1Cl)NCc1ccc(S(C)(=O)=O)cc1. The Morgan fingerprint density at radius 3 is 2.36 bits per heavy atom. The van der Waals surface area contributed by atoms with Gasteiger partial charge in [0.2, 0.25) is 0 Å². The summed E-state index contributed by atoms with van der Waals surface area (Å²) in [6.07, 6.45) is 1.99. The molecular formula is C18H22ClN3O2S. The number of guanidine groups is 1. The molecule has 0 radical (unpaired) electrons. The molecule has 25 heavy (non-hydrogen) atoms. The van der Waals surface area contributed by atoms with Gasteiger partial charge in [-0.1, -0.05) is 41.9 Å². The minimum Gasteiger partial charge on any atom is -0.356 e. The van der Waals surface area contributed by atoms with E-state index < -0.39 is 9.84 Å². The molecule has 0 heterocycles. The zero-order valence-corrected chi connectivity index (χ0v) is 15.9. The summed E-state index contributed by atoms with van der Waals surface area (Å²) in [5.41, 5.74) is 2.06. The lowest BCUT2D eigenvalue weighted by Crippen LogP contribution is -2.37. The fourth-order valence-electron chi connectivity index (χ4n) is 2.28. The molecular weight excluding hydrogens is 358 g/mol. The molecule has 0 amide bonds. The Balaban J connectivity index is 1.83. The standard InChI is InChI=1S/C18H22ClN3O2S/c1-20-18(21-12-11-15-5-3-4-6-17(15)19)22-13-14-7-9-16(10-8-14)25(2,23)24/h3-10H,11-13H2,1-2H3,(H2,20,21,22). The summed E-state index contributed by atoms with van der Waals surface area (Å²) < 4.78 is 22.9. The molecule has 0 spiro atoms. The molecule has 0 aliphatic rings. The number of hydrogen-bond acceptors (Lipinski definition) is 3. The molecule has 0 aliphatic heterocycles. The highest BCUT2D eigenvalue weighted by Crippen LogP contribution is 2.14. The summed E-state index contributed by atoms with van der Waals surface area (Å²) in [5, 5.41) is 7.20. The van der Waals surface area contributed by atoms with Crippen LogP contribution in [0.2, 0.25) is 5.02 Å². The van der Waals surface area contributed by atoms with Crippen LogP contribution in [0.4, 0.5) is 0 Å². The van der Waals surface area contributed by atoms with Crippen LogP contribution in [0.1, 0.15) is 11.1 Å². The summed E-state index contributed by atoms with van der Waals surface area (Å²) in [6.45, 7) is 1.26. The summed E-state index contributed by atoms with van der Waals surface area (Å²) in [6, 6.07) is 14.6. The van der Waals surface area contributed by atoms with Crippen LogP contribution in [0, 0.1) is 0 Å². The van der Waals surface area contributed by atoms with E-state index in [0.717, 1.165) is 22.6 Å². The van der Waals surface area contributed by atoms with Crippen molar-refractivity contribution in [1.29, 1.82) is 0 Å². The monoisotopic (exact) mass is 379 g/mol. The summed E-state index contributed by atoms with van der Waals surface area (Å²) in [5.74, 6) is 0.680. The number of benzene rings is 2. The van der Waals surface area contributed by atoms with Gasteiger partial charge in [-0.3, -0.25) is 4.99 Å². The predicted molar refractivity (Wildman–Crippen MR) is 103 cm³/mol. The average Bonchev–Trinajstić information content (AvgIpc) is 2.59. The number of rotatable bonds is 6. The maximum Gasteiger partial charge on any atom is 0.191 e. The second kappa shape index (κ2) is 8.87. The third-order valence-corrected chi connectivity index (χ3v) is 5.18. The third-order valence-electron chi connectivity index (χ3n) is 3.68. The normalized spacial score (nSPS) is 12.0. The van der Waals surface area contributed by atoms with Gasteiger partial charge in [0, 0.05) is 31.4 Å². The van der Waals surface area contributed by atoms with Crippen LogP contribution >= 0.6 is 11.6 Å². The van der Waals surface area contributed by atoms with E-state index in [0.29, 0.717) is 23.9 Å². The first-order valence-corrected chi connectivity index (χ1v) is 10.1. The van der Waals surface area contributed by atoms with Crippen molar-refractivity contribution >= 4 is 27.4 Å². The van der Waals surface area contributed by atoms with Crippen molar-refractivity contribution in [3.63, 3.8) is 0 Å². The number of hydrogen-bond donors (Lipinski definition) is 2. The molecule has 0 bridgehead atoms. The molecule has 2 rings (SSSR count). The van der Waals surface area contributed by atoms with Crippen molar-refractivity contribution in [3.05, 3.63) is 64.7 Å². The van der Waals surface area contributed by atoms with E-state index in [-0.39, 0.29) is 0 Å². The Hall–Kier alpha value is -2.05. The first-order chi connectivity index (χ1) is 11.9. The van der Waals surface area contributed by atoms with Crippen LogP contribution in [-0.2, 0) is 22.8 Å². The van der Waals surface area contributed by atoms with Crippen molar-refractivity contribution in [1.82, 2.24) is 10.6 Å². The van der Waals surface area contributed by atoms with Crippen molar-refractivity contribution in [2.75, 3.05) is 19.8 Å². The molecule has 134 valence electrons. The van der Waals surface area contributed by atoms with Gasteiger partial charge in [0.25, 0.3) is 0 Å². The van der Waals surface area contributed by atoms with Gasteiger partial charge < -0.3 is 10.6 Å². The second-order valence-electron chi connectivity index (χ2n) is 5.61. The van der Waals surface area contributed by atoms with E-state index in [1.54, 1.807) is 31.3 Å². The van der Waals surface area contributed by atoms with Crippen molar-refractivity contribution in [3.8, 4) is 0 Å². The highest BCUT2D eigenvalue weighted by molar-refractivity contribution is 7.90. The van der Waals surface area contributed by atoms with E-state index >= 15 is 0 Å². The Bertz CT molecular complexity index is 834. The first kappa shape index (κ1) is 19.3. The molecule has 2 N–H and O–H groups in total. The van der Waals surface area contributed by atoms with Crippen LogP contribution in [0.25, 0.3) is 0 Å². The van der Waals surface area contributed by atoms with E-state index in [4.69, 9.17) is 11.6 Å². The van der Waals surface area contributed by atoms with Crippen molar-refractivity contribution < 1.29 is 8.42 Å². The van der Waals surface area contributed by atoms with E-state index in [2.05, 4.69) is 15.6 Å². The average molecular weight is 380 g/mol. The van der Waals surface area contributed by atoms with Gasteiger partial charge in [-0.25, -0.2) is 8.42 Å². The van der Waals surface area contributed by atoms with Crippen LogP contribution < -0.4 is 10.6 Å². The van der Waals surface area contributed by atoms with Crippen LogP contribution in [0.15, 0.2) is 58.4 Å². The maximum absolute atomic E-state index is 11.5. The highest BCUT2D eigenvalue weighted by atomic mass is 35.5. The number of nitrogens with one attached hydrogen (secondary N) is 2. The van der Waals surface area contributed by atoms with Crippen LogP contribution in [-0.4, -0.2) is 34.2 Å². The highest BCUT2D eigenvalue weighted by Gasteiger charge is 2.06. The smallest absolute Gasteiger partial charge is 0.191 e. The van der Waals surface area contributed by atoms with Gasteiger partial charge in [0.1, 0.15) is 0 Å². The lowest BCUT2D eigenvalue weighted by atomic mass is 10.1. The van der Waals surface area contributed by atoms with E-state index in [9.17, 15) is 8.42 Å². The molecule has 0 aromatic heterocycles. The fraction of sp³-hybridized carbons (Fsp3) is 0.278. The first-order valence-electron chi connectivity index (χ1n) is 7.87. The Morgan fingerprint density at radius 1 is 1.08 bits per heavy atom. The Labute approximate surface area is 154 Å². The van der Waals surface area contributed by atoms with Gasteiger partial charge in [-0.05, 0) is 35.7 Å². The lowest BCUT2D eigenvalue weighted by molar-refractivity contribution is 0.602. The minimum atomic E-state index is -3.16. The van der Waals surface area contributed by atoms with Gasteiger partial charge >= 0.3 is 0 Å². The zero-order chi connectivity index (χ0) is 18.3. The molecule has 2 aromatic carbocycles. The van der Waals surface area contributed by atoms with E-state index in [1.165, 1.54) is 6.26 Å². The molecule has 0 atom stereocenters. The lowest BCUT2D eigenvalue weighted by Gasteiger charge is -2.12. The molecule has 0 fully saturated rings. The van der Waals surface area contributed by atoms with Gasteiger partial charge in [0.15, 0.2) is 15.8 Å². The Morgan fingerprint density at radius 2 is 1.76 bits per heavy atom. The molecule has 2 aromatic rings. The number of aliphatic imine (C=N–C) groups is 1. The third kappa shape index (κ3) is 6.07. The summed E-state index contributed by atoms with van der Waals surface area (Å²) in [7, 11) is -1.46. The molecule has 0 unspecified atom stereocenters. The maximum atomic E-state index is 11.5. The van der Waals surface area contributed by atoms with Gasteiger partial charge in [0.05, 0.1) is 4.90 Å². The largest absolute Gasteiger partial charge is 0.356 e. The molecule has 5 nitrogen and oxygen atoms in total. The predicted octanol–water partition coefficient (Wildman–Crippen LogP) is 2.65. The van der Waals surface area contributed by atoms with Crippen LogP contribution in [0.3, 0.4) is 0 Å². The van der Waals surface area contributed by atoms with Crippen molar-refractivity contribution in [2.24, 2.45) is 4.99 Å². The quantitative estimate of drug-likeness (QED) is 0.598. The summed E-state index contributed by atoms with van der Waals surface area (Å²) in [4.78, 5) is 4.50. The zero-order valence-electron chi connectivity index (χ0n) is 14.3. The van der Waals surface area contributed by atoms with E-state index in [1.807, 2.05) is 24.3 Å². The molecule has 0 saturated heterocycles. The molecule has 7 heteroatoms. The number of nitrogens with zero attached hydrogens (tertiary/aromatic N) is 1. The number of halogens is 1. The summed E-state index contributed by atoms with van der Waals surface area (Å²) >= 11 is 6.14. The fourth-order valence-corrected chi connectivity index (χ4v) is 3.14. The molecule has 0 aliphatic carbocycles.